The lowest BCUT2D eigenvalue weighted by Gasteiger charge is -2.34. The summed E-state index contributed by atoms with van der Waals surface area (Å²) in [7, 11) is 0. The van der Waals surface area contributed by atoms with Crippen LogP contribution < -0.4 is 5.32 Å². The van der Waals surface area contributed by atoms with Gasteiger partial charge in [0.15, 0.2) is 5.78 Å². The maximum absolute atomic E-state index is 14.4. The lowest BCUT2D eigenvalue weighted by molar-refractivity contribution is -0.143. The number of nitriles is 1. The number of carbonyl (C=O) groups is 3. The van der Waals surface area contributed by atoms with Gasteiger partial charge in [0.25, 0.3) is 0 Å². The second kappa shape index (κ2) is 10.9. The van der Waals surface area contributed by atoms with Crippen LogP contribution in [-0.2, 0) is 22.7 Å². The monoisotopic (exact) mass is 585 g/mol. The number of fused-ring (bicyclic) bond motifs is 3. The normalized spacial score (nSPS) is 19.2. The van der Waals surface area contributed by atoms with Gasteiger partial charge in [-0.25, -0.2) is 14.4 Å². The highest BCUT2D eigenvalue weighted by Crippen LogP contribution is 2.43. The number of carbonyl (C=O) groups excluding carboxylic acids is 3. The number of likely N-dealkylation sites (tertiary alicyclic amines) is 1. The molecule has 2 aromatic carbocycles. The Morgan fingerprint density at radius 2 is 1.93 bits per heavy atom. The van der Waals surface area contributed by atoms with E-state index in [4.69, 9.17) is 16.9 Å². The molecule has 2 aromatic heterocycles. The number of halogens is 2. The summed E-state index contributed by atoms with van der Waals surface area (Å²) in [4.78, 5) is 49.2. The Morgan fingerprint density at radius 3 is 2.67 bits per heavy atom. The van der Waals surface area contributed by atoms with Crippen LogP contribution in [-0.4, -0.2) is 54.3 Å². The molecule has 10 nitrogen and oxygen atoms in total. The number of nitrogens with one attached hydrogen (secondary N) is 1. The predicted octanol–water partition coefficient (Wildman–Crippen LogP) is 4.06. The highest BCUT2D eigenvalue weighted by molar-refractivity contribution is 6.30. The third-order valence-corrected chi connectivity index (χ3v) is 8.37. The first-order chi connectivity index (χ1) is 20.2. The number of piperidine rings is 1. The summed E-state index contributed by atoms with van der Waals surface area (Å²) >= 11 is 5.88. The molecule has 0 spiro atoms. The molecule has 1 aliphatic heterocycles. The van der Waals surface area contributed by atoms with Gasteiger partial charge in [-0.1, -0.05) is 29.8 Å². The minimum atomic E-state index is -0.671. The molecular formula is C30H25ClFN7O3. The number of benzene rings is 2. The molecule has 0 radical (unpaired) electrons. The fraction of sp³-hybridized carbons (Fsp3) is 0.300. The Bertz CT molecular complexity index is 1780. The van der Waals surface area contributed by atoms with E-state index in [9.17, 15) is 18.8 Å². The Labute approximate surface area is 245 Å². The van der Waals surface area contributed by atoms with Gasteiger partial charge in [0, 0.05) is 48.4 Å². The van der Waals surface area contributed by atoms with Gasteiger partial charge in [-0.05, 0) is 48.9 Å². The zero-order valence-corrected chi connectivity index (χ0v) is 23.3. The molecule has 1 saturated heterocycles. The Kier molecular flexibility index (Phi) is 7.16. The van der Waals surface area contributed by atoms with Crippen molar-refractivity contribution in [1.29, 1.82) is 5.26 Å². The highest BCUT2D eigenvalue weighted by atomic mass is 35.5. The van der Waals surface area contributed by atoms with E-state index in [0.717, 1.165) is 24.8 Å². The third kappa shape index (κ3) is 4.88. The van der Waals surface area contributed by atoms with Crippen LogP contribution >= 0.6 is 11.6 Å². The number of Topliss-reactive ketones (excluding diaryl/α,β-unsaturated/α-hetero) is 1. The zero-order chi connectivity index (χ0) is 29.5. The lowest BCUT2D eigenvalue weighted by atomic mass is 9.97. The van der Waals surface area contributed by atoms with Gasteiger partial charge in [0.05, 0.1) is 10.5 Å². The van der Waals surface area contributed by atoms with Crippen molar-refractivity contribution >= 4 is 40.1 Å². The maximum atomic E-state index is 14.4. The molecule has 12 heteroatoms. The fourth-order valence-corrected chi connectivity index (χ4v) is 6.33. The first kappa shape index (κ1) is 27.5. The van der Waals surface area contributed by atoms with Gasteiger partial charge in [0.1, 0.15) is 30.2 Å². The highest BCUT2D eigenvalue weighted by Gasteiger charge is 2.51. The Morgan fingerprint density at radius 1 is 1.14 bits per heavy atom. The van der Waals surface area contributed by atoms with Crippen LogP contribution in [0.15, 0.2) is 48.8 Å². The van der Waals surface area contributed by atoms with E-state index in [1.807, 2.05) is 12.1 Å². The van der Waals surface area contributed by atoms with E-state index in [1.54, 1.807) is 29.2 Å². The number of nitrogens with zero attached hydrogens (tertiary/aromatic N) is 6. The van der Waals surface area contributed by atoms with Crippen molar-refractivity contribution in [2.45, 2.75) is 51.4 Å². The van der Waals surface area contributed by atoms with Gasteiger partial charge >= 0.3 is 0 Å². The van der Waals surface area contributed by atoms with E-state index in [2.05, 4.69) is 20.4 Å². The second-order valence-electron chi connectivity index (χ2n) is 10.6. The summed E-state index contributed by atoms with van der Waals surface area (Å²) in [6.07, 6.45) is 5.42. The molecule has 1 saturated carbocycles. The van der Waals surface area contributed by atoms with Gasteiger partial charge in [-0.3, -0.25) is 19.1 Å². The second-order valence-corrected chi connectivity index (χ2v) is 11.0. The molecule has 3 heterocycles. The van der Waals surface area contributed by atoms with Crippen molar-refractivity contribution in [3.63, 3.8) is 0 Å². The summed E-state index contributed by atoms with van der Waals surface area (Å²) in [5, 5.41) is 16.8. The summed E-state index contributed by atoms with van der Waals surface area (Å²) in [6.45, 7) is 1.21. The minimum absolute atomic E-state index is 0.0162. The summed E-state index contributed by atoms with van der Waals surface area (Å²) in [6, 6.07) is 11.1. The number of hydrogen-bond donors (Lipinski definition) is 1. The zero-order valence-electron chi connectivity index (χ0n) is 22.6. The molecule has 0 unspecified atom stereocenters. The molecule has 2 bridgehead atoms. The van der Waals surface area contributed by atoms with E-state index in [1.165, 1.54) is 30.1 Å². The van der Waals surface area contributed by atoms with Crippen LogP contribution in [0.25, 0.3) is 22.0 Å². The van der Waals surface area contributed by atoms with Crippen molar-refractivity contribution in [1.82, 2.24) is 30.0 Å². The van der Waals surface area contributed by atoms with Crippen LogP contribution in [0, 0.1) is 23.1 Å². The fourth-order valence-electron chi connectivity index (χ4n) is 6.14. The third-order valence-electron chi connectivity index (χ3n) is 8.08. The number of amides is 2. The maximum Gasteiger partial charge on any atom is 0.245 e. The molecular weight excluding hydrogens is 561 g/mol. The smallest absolute Gasteiger partial charge is 0.245 e. The number of hydrogen-bond acceptors (Lipinski definition) is 7. The first-order valence-electron chi connectivity index (χ1n) is 13.5. The SMILES string of the molecule is CC(=O)c1nn(CC(=O)N2[C@@H]3CC[C@@H](C3)[C@H]2C(=O)NCc2cccc(Cl)c2F)c2ccc(-c3cnc(C#N)nc3)cc12. The van der Waals surface area contributed by atoms with Crippen LogP contribution in [0.4, 0.5) is 4.39 Å². The molecule has 42 heavy (non-hydrogen) atoms. The van der Waals surface area contributed by atoms with Gasteiger partial charge in [-0.15, -0.1) is 0 Å². The minimum Gasteiger partial charge on any atom is -0.350 e. The molecule has 2 amide bonds. The van der Waals surface area contributed by atoms with Gasteiger partial charge < -0.3 is 10.2 Å². The first-order valence-corrected chi connectivity index (χ1v) is 13.9. The average molecular weight is 586 g/mol. The van der Waals surface area contributed by atoms with E-state index >= 15 is 0 Å². The van der Waals surface area contributed by atoms with Crippen molar-refractivity contribution in [2.24, 2.45) is 5.92 Å². The summed E-state index contributed by atoms with van der Waals surface area (Å²) in [5.41, 5.74) is 2.46. The molecule has 4 aromatic rings. The van der Waals surface area contributed by atoms with Crippen molar-refractivity contribution in [2.75, 3.05) is 0 Å². The Hall–Kier alpha value is -4.69. The summed E-state index contributed by atoms with van der Waals surface area (Å²) < 4.78 is 15.9. The van der Waals surface area contributed by atoms with E-state index < -0.39 is 11.9 Å². The molecule has 212 valence electrons. The van der Waals surface area contributed by atoms with Gasteiger partial charge in [0.2, 0.25) is 17.6 Å². The van der Waals surface area contributed by atoms with Crippen molar-refractivity contribution in [3.05, 3.63) is 76.7 Å². The molecule has 6 rings (SSSR count). The van der Waals surface area contributed by atoms with Crippen LogP contribution in [0.2, 0.25) is 5.02 Å². The van der Waals surface area contributed by atoms with Gasteiger partial charge in [-0.2, -0.15) is 10.4 Å². The van der Waals surface area contributed by atoms with Crippen molar-refractivity contribution < 1.29 is 18.8 Å². The quantitative estimate of drug-likeness (QED) is 0.323. The topological polar surface area (TPSA) is 134 Å². The van der Waals surface area contributed by atoms with Crippen LogP contribution in [0.3, 0.4) is 0 Å². The van der Waals surface area contributed by atoms with Crippen LogP contribution in [0.5, 0.6) is 0 Å². The molecule has 2 aliphatic rings. The molecule has 3 atom stereocenters. The van der Waals surface area contributed by atoms with Crippen molar-refractivity contribution in [3.8, 4) is 17.2 Å². The number of ketones is 1. The lowest BCUT2D eigenvalue weighted by Crippen LogP contribution is -2.53. The van der Waals surface area contributed by atoms with E-state index in [-0.39, 0.29) is 64.8 Å². The Balaban J connectivity index is 1.25. The standard InChI is InChI=1S/C30H25ClFN7O3/c1-16(40)28-22-10-17(20-13-34-25(11-33)35-14-20)6-8-24(22)38(37-28)15-26(41)39-21-7-5-18(9-21)29(39)30(42)36-12-19-3-2-4-23(31)27(19)32/h2-4,6,8,10,13-14,18,21,29H,5,7,9,12,15H2,1H3,(H,36,42)/t18-,21+,29-/m0/s1. The predicted molar refractivity (Wildman–Crippen MR) is 150 cm³/mol. The van der Waals surface area contributed by atoms with Crippen LogP contribution in [0.1, 0.15) is 48.1 Å². The molecule has 1 aliphatic carbocycles. The number of rotatable bonds is 7. The molecule has 2 fully saturated rings. The largest absolute Gasteiger partial charge is 0.350 e. The summed E-state index contributed by atoms with van der Waals surface area (Å²) in [5.74, 6) is -1.39. The number of aromatic nitrogens is 4. The van der Waals surface area contributed by atoms with E-state index in [0.29, 0.717) is 16.5 Å². The average Bonchev–Trinajstić information content (AvgIpc) is 3.71. The molecule has 1 N–H and O–H groups in total.